The van der Waals surface area contributed by atoms with Gasteiger partial charge in [-0.2, -0.15) is 0 Å². The van der Waals surface area contributed by atoms with Crippen molar-refractivity contribution in [3.63, 3.8) is 0 Å². The quantitative estimate of drug-likeness (QED) is 0.113. The van der Waals surface area contributed by atoms with E-state index in [0.717, 1.165) is 10.4 Å². The van der Waals surface area contributed by atoms with Crippen molar-refractivity contribution in [1.82, 2.24) is 20.9 Å². The molecule has 328 valence electrons. The van der Waals surface area contributed by atoms with Crippen LogP contribution in [-0.2, 0) is 39.6 Å². The molecule has 61 heavy (non-hydrogen) atoms. The molecule has 0 saturated carbocycles. The fourth-order valence-electron chi connectivity index (χ4n) is 8.37. The molecule has 2 aliphatic heterocycles. The van der Waals surface area contributed by atoms with E-state index < -0.39 is 74.3 Å². The number of aliphatic carboxylic acids is 1. The lowest BCUT2D eigenvalue weighted by molar-refractivity contribution is -0.144. The summed E-state index contributed by atoms with van der Waals surface area (Å²) in [6, 6.07) is 24.1. The second kappa shape index (κ2) is 20.5. The first-order valence-electron chi connectivity index (χ1n) is 21.5. The second-order valence-electron chi connectivity index (χ2n) is 17.5. The van der Waals surface area contributed by atoms with Gasteiger partial charge in [-0.1, -0.05) is 113 Å². The third kappa shape index (κ3) is 11.3. The minimum Gasteiger partial charge on any atom is -0.482 e. The first-order valence-corrected chi connectivity index (χ1v) is 23.4. The van der Waals surface area contributed by atoms with Crippen molar-refractivity contribution in [2.24, 2.45) is 0 Å². The molecular formula is C47H62N4O9Si. The monoisotopic (exact) mass is 854 g/mol. The molecule has 0 aliphatic carbocycles. The Morgan fingerprint density at radius 3 is 2.07 bits per heavy atom. The summed E-state index contributed by atoms with van der Waals surface area (Å²) in [6.07, 6.45) is 2.92. The van der Waals surface area contributed by atoms with Crippen LogP contribution < -0.4 is 31.1 Å². The molecular weight excluding hydrogens is 793 g/mol. The van der Waals surface area contributed by atoms with Crippen LogP contribution >= 0.6 is 0 Å². The summed E-state index contributed by atoms with van der Waals surface area (Å²) in [6.45, 7) is 11.5. The molecule has 0 unspecified atom stereocenters. The number of carbonyl (C=O) groups is 6. The molecule has 0 spiro atoms. The van der Waals surface area contributed by atoms with Crippen LogP contribution in [0.15, 0.2) is 84.9 Å². The molecule has 5 atom stereocenters. The lowest BCUT2D eigenvalue weighted by Crippen LogP contribution is -2.68. The fraction of sp³-hybridized carbons (Fsp3) is 0.489. The number of Topliss-reactive ketones (excluding diaryl/α,β-unsaturated/α-hetero) is 1. The Hall–Kier alpha value is -5.34. The van der Waals surface area contributed by atoms with Gasteiger partial charge in [-0.3, -0.25) is 24.0 Å². The van der Waals surface area contributed by atoms with Crippen LogP contribution in [0, 0.1) is 0 Å². The summed E-state index contributed by atoms with van der Waals surface area (Å²) < 4.78 is 12.3. The third-order valence-electron chi connectivity index (χ3n) is 12.0. The number of carboxylic acid groups (broad SMARTS) is 1. The van der Waals surface area contributed by atoms with Crippen molar-refractivity contribution >= 4 is 54.1 Å². The summed E-state index contributed by atoms with van der Waals surface area (Å²) in [5.74, 6) is -2.64. The highest BCUT2D eigenvalue weighted by Gasteiger charge is 2.51. The van der Waals surface area contributed by atoms with Crippen LogP contribution in [0.2, 0.25) is 5.04 Å². The zero-order valence-electron chi connectivity index (χ0n) is 36.3. The second-order valence-corrected chi connectivity index (χ2v) is 21.7. The third-order valence-corrected chi connectivity index (χ3v) is 17.2. The first kappa shape index (κ1) is 46.7. The molecule has 2 aliphatic rings. The van der Waals surface area contributed by atoms with Crippen LogP contribution in [0.3, 0.4) is 0 Å². The SMILES string of the molecule is CC[C@]1(C)NC(=O)[C@H](CCCCCC(=O)[C@H](C)O[Si](c2ccccc2)(c2ccccc2)C(C)(C)C)NC(=O)[C@H]2CCCN2C(=O)[C@H](Cc2ccc(OCC(=O)O)cc2)NC1=O. The first-order chi connectivity index (χ1) is 29.0. The minimum atomic E-state index is -2.93. The van der Waals surface area contributed by atoms with E-state index in [2.05, 4.69) is 61.0 Å². The van der Waals surface area contributed by atoms with E-state index >= 15 is 0 Å². The molecule has 0 bridgehead atoms. The molecule has 2 saturated heterocycles. The van der Waals surface area contributed by atoms with Gasteiger partial charge in [0.25, 0.3) is 8.32 Å². The van der Waals surface area contributed by atoms with Crippen LogP contribution in [0.5, 0.6) is 5.75 Å². The number of hydrogen-bond donors (Lipinski definition) is 4. The highest BCUT2D eigenvalue weighted by atomic mass is 28.4. The highest BCUT2D eigenvalue weighted by Crippen LogP contribution is 2.38. The Labute approximate surface area is 360 Å². The van der Waals surface area contributed by atoms with Crippen molar-refractivity contribution in [3.8, 4) is 5.75 Å². The predicted molar refractivity (Wildman–Crippen MR) is 235 cm³/mol. The number of ketones is 1. The average molecular weight is 855 g/mol. The molecule has 3 aromatic carbocycles. The largest absolute Gasteiger partial charge is 0.482 e. The molecule has 5 rings (SSSR count). The van der Waals surface area contributed by atoms with Crippen molar-refractivity contribution in [2.45, 2.75) is 134 Å². The van der Waals surface area contributed by atoms with E-state index in [-0.39, 0.29) is 30.1 Å². The van der Waals surface area contributed by atoms with E-state index in [1.54, 1.807) is 38.1 Å². The summed E-state index contributed by atoms with van der Waals surface area (Å²) in [7, 11) is -2.93. The summed E-state index contributed by atoms with van der Waals surface area (Å²) in [5.41, 5.74) is -0.719. The Morgan fingerprint density at radius 2 is 1.49 bits per heavy atom. The van der Waals surface area contributed by atoms with Gasteiger partial charge in [0.2, 0.25) is 23.6 Å². The van der Waals surface area contributed by atoms with Crippen LogP contribution in [0.4, 0.5) is 0 Å². The van der Waals surface area contributed by atoms with Gasteiger partial charge < -0.3 is 35.1 Å². The zero-order chi connectivity index (χ0) is 44.4. The van der Waals surface area contributed by atoms with E-state index in [0.29, 0.717) is 56.4 Å². The maximum atomic E-state index is 14.2. The van der Waals surface area contributed by atoms with E-state index in [4.69, 9.17) is 14.3 Å². The Morgan fingerprint density at radius 1 is 0.869 bits per heavy atom. The molecule has 14 heteroatoms. The smallest absolute Gasteiger partial charge is 0.341 e. The molecule has 3 aromatic rings. The Kier molecular flexibility index (Phi) is 15.7. The molecule has 0 aromatic heterocycles. The number of unbranched alkanes of at least 4 members (excludes halogenated alkanes) is 2. The van der Waals surface area contributed by atoms with Crippen molar-refractivity contribution in [1.29, 1.82) is 0 Å². The van der Waals surface area contributed by atoms with Gasteiger partial charge in [-0.15, -0.1) is 0 Å². The lowest BCUT2D eigenvalue weighted by atomic mass is 9.94. The van der Waals surface area contributed by atoms with E-state index in [1.165, 1.54) is 4.90 Å². The summed E-state index contributed by atoms with van der Waals surface area (Å²) in [4.78, 5) is 82.1. The number of fused-ring (bicyclic) bond motifs is 1. The normalized spacial score (nSPS) is 21.9. The van der Waals surface area contributed by atoms with Gasteiger partial charge in [0.1, 0.15) is 35.5 Å². The number of hydrogen-bond acceptors (Lipinski definition) is 8. The molecule has 4 N–H and O–H groups in total. The number of carbonyl (C=O) groups excluding carboxylic acids is 5. The van der Waals surface area contributed by atoms with Crippen molar-refractivity contribution < 1.29 is 43.0 Å². The van der Waals surface area contributed by atoms with E-state index in [1.807, 2.05) is 43.3 Å². The van der Waals surface area contributed by atoms with Gasteiger partial charge in [0.15, 0.2) is 12.4 Å². The highest BCUT2D eigenvalue weighted by molar-refractivity contribution is 6.99. The van der Waals surface area contributed by atoms with E-state index in [9.17, 15) is 28.8 Å². The molecule has 0 radical (unpaired) electrons. The Bertz CT molecular complexity index is 1970. The molecule has 2 fully saturated rings. The number of ether oxygens (including phenoxy) is 1. The number of nitrogens with zero attached hydrogens (tertiary/aromatic N) is 1. The average Bonchev–Trinajstić information content (AvgIpc) is 3.74. The van der Waals surface area contributed by atoms with Crippen LogP contribution in [-0.4, -0.2) is 96.6 Å². The minimum absolute atomic E-state index is 0.000770. The summed E-state index contributed by atoms with van der Waals surface area (Å²) >= 11 is 0. The maximum Gasteiger partial charge on any atom is 0.341 e. The number of rotatable bonds is 17. The van der Waals surface area contributed by atoms with Gasteiger partial charge in [-0.25, -0.2) is 4.79 Å². The molecule has 2 heterocycles. The van der Waals surface area contributed by atoms with Gasteiger partial charge in [-0.05, 0) is 79.1 Å². The zero-order valence-corrected chi connectivity index (χ0v) is 37.3. The number of benzene rings is 3. The molecule has 13 nitrogen and oxygen atoms in total. The van der Waals surface area contributed by atoms with Gasteiger partial charge in [0.05, 0.1) is 0 Å². The fourth-order valence-corrected chi connectivity index (χ4v) is 13.1. The predicted octanol–water partition coefficient (Wildman–Crippen LogP) is 4.44. The van der Waals surface area contributed by atoms with Gasteiger partial charge >= 0.3 is 5.97 Å². The van der Waals surface area contributed by atoms with Crippen molar-refractivity contribution in [3.05, 3.63) is 90.5 Å². The number of carboxylic acids is 1. The Balaban J connectivity index is 1.24. The maximum absolute atomic E-state index is 14.2. The van der Waals surface area contributed by atoms with Crippen molar-refractivity contribution in [2.75, 3.05) is 13.2 Å². The lowest BCUT2D eigenvalue weighted by Gasteiger charge is -2.44. The van der Waals surface area contributed by atoms with Crippen LogP contribution in [0.1, 0.15) is 98.5 Å². The number of nitrogens with one attached hydrogen (secondary N) is 3. The van der Waals surface area contributed by atoms with Crippen LogP contribution in [0.25, 0.3) is 0 Å². The standard InChI is InChI=1S/C47H62N4O9Si/c1-7-47(6)45(58)49-38(30-33-25-27-34(28-26-33)59-31-41(53)54)44(57)51-29-17-23-39(51)43(56)48-37(42(55)50-47)22-15-10-16-24-40(52)32(2)60-61(46(3,4)5,35-18-11-8-12-19-35)36-20-13-9-14-21-36/h8-9,11-14,18-21,25-28,32,37-39H,7,10,15-17,22-24,29-31H2,1-6H3,(H,48,56)(H,49,58)(H,50,55)(H,53,54)/t32-,37-,38-,39+,47-/m0/s1. The van der Waals surface area contributed by atoms with Gasteiger partial charge in [0, 0.05) is 19.4 Å². The molecule has 4 amide bonds. The summed E-state index contributed by atoms with van der Waals surface area (Å²) in [5, 5.41) is 19.5. The number of amides is 4. The topological polar surface area (TPSA) is 180 Å².